The second-order valence-corrected chi connectivity index (χ2v) is 25.5. The van der Waals surface area contributed by atoms with Gasteiger partial charge in [-0.3, -0.25) is 0 Å². The largest absolute Gasteiger partial charge is 0.490 e. The SMILES string of the molecule is CCCCCCCCCCCCCCOc1cc(CS[C@H]2O[C@H](CO)[C@@H](OCc3ccccc3)[C@H](OCc3ccccc3)[C@H]2OCc2ccccc2)cc(OCCCCCCCCCCCCCC)c1OCCCCCCCCCCCCCC. The lowest BCUT2D eigenvalue weighted by Crippen LogP contribution is -2.60. The lowest BCUT2D eigenvalue weighted by atomic mass is 9.99. The van der Waals surface area contributed by atoms with Crippen molar-refractivity contribution in [3.63, 3.8) is 0 Å². The fourth-order valence-electron chi connectivity index (χ4n) is 11.6. The summed E-state index contributed by atoms with van der Waals surface area (Å²) in [6, 6.07) is 35.1. The molecule has 0 saturated carbocycles. The lowest BCUT2D eigenvalue weighted by molar-refractivity contribution is -0.251. The van der Waals surface area contributed by atoms with Crippen molar-refractivity contribution in [3.8, 4) is 17.2 Å². The minimum Gasteiger partial charge on any atom is -0.490 e. The van der Waals surface area contributed by atoms with E-state index < -0.39 is 29.9 Å². The summed E-state index contributed by atoms with van der Waals surface area (Å²) in [5.74, 6) is 2.84. The molecule has 5 rings (SSSR count). The molecule has 9 heteroatoms. The van der Waals surface area contributed by atoms with Crippen LogP contribution in [0.5, 0.6) is 17.2 Å². The van der Waals surface area contributed by atoms with Crippen molar-refractivity contribution < 1.29 is 38.3 Å². The second kappa shape index (κ2) is 49.3. The van der Waals surface area contributed by atoms with E-state index >= 15 is 0 Å². The lowest BCUT2D eigenvalue weighted by Gasteiger charge is -2.45. The van der Waals surface area contributed by atoms with E-state index in [2.05, 4.69) is 69.3 Å². The van der Waals surface area contributed by atoms with Crippen LogP contribution in [0.4, 0.5) is 0 Å². The Morgan fingerprint density at radius 2 is 0.659 bits per heavy atom. The normalized spacial score (nSPS) is 16.9. The molecule has 478 valence electrons. The highest BCUT2D eigenvalue weighted by Gasteiger charge is 2.48. The molecule has 0 aromatic heterocycles. The number of aliphatic hydroxyl groups excluding tert-OH is 1. The predicted octanol–water partition coefficient (Wildman–Crippen LogP) is 21.6. The Bertz CT molecular complexity index is 2080. The highest BCUT2D eigenvalue weighted by Crippen LogP contribution is 2.43. The Hall–Kier alpha value is -3.57. The summed E-state index contributed by atoms with van der Waals surface area (Å²) in [4.78, 5) is 0. The number of aliphatic hydroxyl groups is 1. The van der Waals surface area contributed by atoms with Crippen LogP contribution in [0.15, 0.2) is 103 Å². The summed E-state index contributed by atoms with van der Waals surface area (Å²) in [7, 11) is 0. The van der Waals surface area contributed by atoms with E-state index in [9.17, 15) is 5.11 Å². The zero-order chi connectivity index (χ0) is 59.7. The molecule has 0 bridgehead atoms. The Morgan fingerprint density at radius 3 is 1.00 bits per heavy atom. The van der Waals surface area contributed by atoms with Crippen molar-refractivity contribution in [3.05, 3.63) is 125 Å². The Morgan fingerprint density at radius 1 is 0.353 bits per heavy atom. The smallest absolute Gasteiger partial charge is 0.203 e. The molecule has 1 aliphatic rings. The first kappa shape index (κ1) is 72.2. The second-order valence-electron chi connectivity index (χ2n) is 24.5. The molecule has 1 aliphatic heterocycles. The van der Waals surface area contributed by atoms with Crippen molar-refractivity contribution in [1.29, 1.82) is 0 Å². The third kappa shape index (κ3) is 32.5. The van der Waals surface area contributed by atoms with Crippen LogP contribution >= 0.6 is 11.8 Å². The average Bonchev–Trinajstić information content (AvgIpc) is 2.31. The monoisotopic (exact) mass is 1190 g/mol. The van der Waals surface area contributed by atoms with Crippen LogP contribution < -0.4 is 14.2 Å². The van der Waals surface area contributed by atoms with Crippen LogP contribution in [-0.2, 0) is 44.5 Å². The highest BCUT2D eigenvalue weighted by molar-refractivity contribution is 7.99. The number of ether oxygens (including phenoxy) is 7. The first-order valence-electron chi connectivity index (χ1n) is 35.0. The molecule has 1 heterocycles. The van der Waals surface area contributed by atoms with E-state index in [1.807, 2.05) is 54.6 Å². The van der Waals surface area contributed by atoms with Gasteiger partial charge in [0.05, 0.1) is 46.2 Å². The minimum atomic E-state index is -0.654. The number of rotatable bonds is 55. The fourth-order valence-corrected chi connectivity index (χ4v) is 12.8. The maximum Gasteiger partial charge on any atom is 0.203 e. The topological polar surface area (TPSA) is 84.8 Å². The molecule has 0 unspecified atom stereocenters. The van der Waals surface area contributed by atoms with Crippen molar-refractivity contribution in [2.75, 3.05) is 26.4 Å². The molecule has 4 aromatic carbocycles. The Balaban J connectivity index is 1.33. The zero-order valence-electron chi connectivity index (χ0n) is 54.0. The van der Waals surface area contributed by atoms with Gasteiger partial charge in [0, 0.05) is 5.75 Å². The first-order chi connectivity index (χ1) is 42.1. The number of hydrogen-bond acceptors (Lipinski definition) is 9. The van der Waals surface area contributed by atoms with Crippen LogP contribution in [0, 0.1) is 0 Å². The van der Waals surface area contributed by atoms with Gasteiger partial charge in [0.1, 0.15) is 29.9 Å². The van der Waals surface area contributed by atoms with E-state index in [0.717, 1.165) is 78.0 Å². The van der Waals surface area contributed by atoms with Crippen molar-refractivity contribution >= 4 is 11.8 Å². The molecule has 1 N–H and O–H groups in total. The van der Waals surface area contributed by atoms with Gasteiger partial charge in [-0.2, -0.15) is 0 Å². The van der Waals surface area contributed by atoms with Crippen molar-refractivity contribution in [2.24, 2.45) is 0 Å². The molecule has 0 spiro atoms. The standard InChI is InChI=1S/C76H120O8S/c1-4-7-10-13-16-19-22-25-28-31-34-46-55-78-69-58-68(59-70(79-56-47-35-32-29-26-23-20-17-14-11-8-5-2)72(69)80-57-48-36-33-30-27-24-21-18-15-12-9-6-3)64-85-76-75(83-63-67-53-44-39-45-54-67)74(82-62-66-51-42-38-43-52-66)73(71(60-77)84-76)81-61-65-49-40-37-41-50-65/h37-45,49-54,58-59,71,73-77H,4-36,46-48,55-57,60-64H2,1-3H3/t71-,73-,74+,75-,76-/m1/s1. The maximum absolute atomic E-state index is 11.1. The first-order valence-corrected chi connectivity index (χ1v) is 36.1. The summed E-state index contributed by atoms with van der Waals surface area (Å²) in [5, 5.41) is 11.1. The quantitative estimate of drug-likeness (QED) is 0.0435. The summed E-state index contributed by atoms with van der Waals surface area (Å²) >= 11 is 1.67. The van der Waals surface area contributed by atoms with Gasteiger partial charge < -0.3 is 38.3 Å². The van der Waals surface area contributed by atoms with Gasteiger partial charge in [0.15, 0.2) is 11.5 Å². The Labute approximate surface area is 523 Å². The molecule has 1 saturated heterocycles. The van der Waals surface area contributed by atoms with Crippen LogP contribution in [0.3, 0.4) is 0 Å². The number of thioether (sulfide) groups is 1. The maximum atomic E-state index is 11.1. The van der Waals surface area contributed by atoms with Crippen LogP contribution in [0.2, 0.25) is 0 Å². The van der Waals surface area contributed by atoms with Crippen molar-refractivity contribution in [2.45, 2.75) is 307 Å². The van der Waals surface area contributed by atoms with E-state index in [-0.39, 0.29) is 6.61 Å². The third-order valence-corrected chi connectivity index (χ3v) is 18.1. The molecular weight excluding hydrogens is 1070 g/mol. The van der Waals surface area contributed by atoms with Gasteiger partial charge in [-0.25, -0.2) is 0 Å². The van der Waals surface area contributed by atoms with E-state index in [0.29, 0.717) is 45.4 Å². The molecule has 0 amide bonds. The summed E-state index contributed by atoms with van der Waals surface area (Å²) in [5.41, 5.74) is 3.70. The molecule has 5 atom stereocenters. The third-order valence-electron chi connectivity index (χ3n) is 16.9. The molecule has 8 nitrogen and oxygen atoms in total. The van der Waals surface area contributed by atoms with Crippen LogP contribution in [0.25, 0.3) is 0 Å². The van der Waals surface area contributed by atoms with Gasteiger partial charge in [-0.15, -0.1) is 11.8 Å². The molecule has 85 heavy (non-hydrogen) atoms. The van der Waals surface area contributed by atoms with Crippen molar-refractivity contribution in [1.82, 2.24) is 0 Å². The number of hydrogen-bond donors (Lipinski definition) is 1. The molecular formula is C76H120O8S. The minimum absolute atomic E-state index is 0.230. The summed E-state index contributed by atoms with van der Waals surface area (Å²) in [6.07, 6.45) is 44.4. The molecule has 4 aromatic rings. The average molecular weight is 1190 g/mol. The van der Waals surface area contributed by atoms with Gasteiger partial charge >= 0.3 is 0 Å². The molecule has 0 radical (unpaired) electrons. The van der Waals surface area contributed by atoms with Gasteiger partial charge in [-0.05, 0) is 53.6 Å². The molecule has 0 aliphatic carbocycles. The highest BCUT2D eigenvalue weighted by atomic mass is 32.2. The van der Waals surface area contributed by atoms with Gasteiger partial charge in [0.2, 0.25) is 5.75 Å². The Kier molecular flexibility index (Phi) is 41.9. The van der Waals surface area contributed by atoms with Crippen LogP contribution in [0.1, 0.15) is 274 Å². The van der Waals surface area contributed by atoms with Gasteiger partial charge in [-0.1, -0.05) is 324 Å². The number of benzene rings is 4. The van der Waals surface area contributed by atoms with Gasteiger partial charge in [0.25, 0.3) is 0 Å². The summed E-state index contributed by atoms with van der Waals surface area (Å²) < 4.78 is 48.2. The predicted molar refractivity (Wildman–Crippen MR) is 358 cm³/mol. The summed E-state index contributed by atoms with van der Waals surface area (Å²) in [6.45, 7) is 9.62. The van der Waals surface area contributed by atoms with E-state index in [4.69, 9.17) is 33.2 Å². The van der Waals surface area contributed by atoms with E-state index in [1.54, 1.807) is 11.8 Å². The fraction of sp³-hybridized carbons (Fsp3) is 0.684. The zero-order valence-corrected chi connectivity index (χ0v) is 54.8. The van der Waals surface area contributed by atoms with Crippen LogP contribution in [-0.4, -0.2) is 61.4 Å². The molecule has 1 fully saturated rings. The number of unbranched alkanes of at least 4 members (excludes halogenated alkanes) is 33. The van der Waals surface area contributed by atoms with E-state index in [1.165, 1.54) is 193 Å².